The molecule has 2 aromatic carbocycles. The van der Waals surface area contributed by atoms with Gasteiger partial charge in [-0.3, -0.25) is 4.79 Å². The number of carbonyl (C=O) groups excluding carboxylic acids is 1. The first-order valence-electron chi connectivity index (χ1n) is 8.47. The summed E-state index contributed by atoms with van der Waals surface area (Å²) in [6.45, 7) is 0. The molecule has 4 aromatic rings. The lowest BCUT2D eigenvalue weighted by Gasteiger charge is -2.08. The minimum Gasteiger partial charge on any atom is -0.325 e. The molecular weight excluding hydrogens is 358 g/mol. The van der Waals surface area contributed by atoms with Crippen LogP contribution in [0.2, 0.25) is 0 Å². The van der Waals surface area contributed by atoms with Crippen molar-refractivity contribution in [3.8, 4) is 11.3 Å². The second kappa shape index (κ2) is 8.01. The van der Waals surface area contributed by atoms with E-state index in [2.05, 4.69) is 32.7 Å². The van der Waals surface area contributed by atoms with Crippen LogP contribution in [0.1, 0.15) is 5.56 Å². The molecule has 4 rings (SSSR count). The monoisotopic (exact) mass is 375 g/mol. The average molecular weight is 375 g/mol. The fourth-order valence-corrected chi connectivity index (χ4v) is 3.46. The molecule has 1 N–H and O–H groups in total. The summed E-state index contributed by atoms with van der Waals surface area (Å²) >= 11 is 1.60. The second-order valence-corrected chi connectivity index (χ2v) is 6.95. The van der Waals surface area contributed by atoms with Crippen LogP contribution in [0.5, 0.6) is 0 Å². The Balaban J connectivity index is 1.39. The summed E-state index contributed by atoms with van der Waals surface area (Å²) in [4.78, 5) is 12.2. The van der Waals surface area contributed by atoms with Gasteiger partial charge in [0, 0.05) is 17.0 Å². The van der Waals surface area contributed by atoms with Crippen LogP contribution in [0.15, 0.2) is 73.1 Å². The Labute approximate surface area is 160 Å². The fourth-order valence-electron chi connectivity index (χ4n) is 2.67. The lowest BCUT2D eigenvalue weighted by atomic mass is 10.1. The van der Waals surface area contributed by atoms with E-state index in [-0.39, 0.29) is 5.91 Å². The van der Waals surface area contributed by atoms with E-state index in [0.29, 0.717) is 11.4 Å². The van der Waals surface area contributed by atoms with Crippen LogP contribution >= 0.6 is 11.8 Å². The van der Waals surface area contributed by atoms with Crippen LogP contribution in [-0.4, -0.2) is 31.5 Å². The van der Waals surface area contributed by atoms with E-state index in [1.165, 1.54) is 5.56 Å². The molecule has 7 heteroatoms. The maximum absolute atomic E-state index is 12.2. The van der Waals surface area contributed by atoms with Gasteiger partial charge in [0.2, 0.25) is 5.91 Å². The molecule has 0 aliphatic rings. The number of amides is 1. The molecule has 0 saturated heterocycles. The molecule has 1 amide bonds. The molecule has 0 atom stereocenters. The minimum atomic E-state index is -0.0182. The third-order valence-electron chi connectivity index (χ3n) is 3.95. The zero-order chi connectivity index (χ0) is 18.5. The van der Waals surface area contributed by atoms with E-state index in [0.717, 1.165) is 22.7 Å². The summed E-state index contributed by atoms with van der Waals surface area (Å²) in [6.07, 6.45) is 1.56. The minimum absolute atomic E-state index is 0.0182. The van der Waals surface area contributed by atoms with Gasteiger partial charge < -0.3 is 5.32 Å². The topological polar surface area (TPSA) is 72.2 Å². The zero-order valence-electron chi connectivity index (χ0n) is 14.4. The van der Waals surface area contributed by atoms with Crippen molar-refractivity contribution in [1.82, 2.24) is 19.8 Å². The van der Waals surface area contributed by atoms with Gasteiger partial charge in [0.25, 0.3) is 0 Å². The average Bonchev–Trinajstić information content (AvgIpc) is 3.17. The van der Waals surface area contributed by atoms with Gasteiger partial charge in [0.15, 0.2) is 5.65 Å². The number of nitrogens with one attached hydrogen (secondary N) is 1. The lowest BCUT2D eigenvalue weighted by Crippen LogP contribution is -2.14. The first kappa shape index (κ1) is 17.2. The predicted molar refractivity (Wildman–Crippen MR) is 107 cm³/mol. The third-order valence-corrected chi connectivity index (χ3v) is 4.95. The second-order valence-electron chi connectivity index (χ2n) is 5.96. The van der Waals surface area contributed by atoms with Gasteiger partial charge in [-0.25, -0.2) is 0 Å². The Kier molecular flexibility index (Phi) is 5.11. The fraction of sp³-hybridized carbons (Fsp3) is 0.100. The molecule has 6 nitrogen and oxygen atoms in total. The maximum atomic E-state index is 12.2. The summed E-state index contributed by atoms with van der Waals surface area (Å²) in [5.41, 5.74) is 4.37. The van der Waals surface area contributed by atoms with Crippen molar-refractivity contribution in [2.24, 2.45) is 0 Å². The molecule has 0 spiro atoms. The molecule has 2 aromatic heterocycles. The molecule has 0 unspecified atom stereocenters. The number of carbonyl (C=O) groups is 1. The van der Waals surface area contributed by atoms with E-state index in [1.54, 1.807) is 22.6 Å². The molecular formula is C20H17N5OS. The zero-order valence-corrected chi connectivity index (χ0v) is 15.3. The Morgan fingerprint density at radius 2 is 1.93 bits per heavy atom. The van der Waals surface area contributed by atoms with Crippen LogP contribution in [0.4, 0.5) is 5.69 Å². The number of hydrogen-bond acceptors (Lipinski definition) is 5. The number of rotatable bonds is 6. The van der Waals surface area contributed by atoms with Gasteiger partial charge in [0.05, 0.1) is 11.4 Å². The van der Waals surface area contributed by atoms with Gasteiger partial charge in [-0.05, 0) is 29.8 Å². The van der Waals surface area contributed by atoms with Gasteiger partial charge in [0.1, 0.15) is 6.33 Å². The van der Waals surface area contributed by atoms with E-state index in [9.17, 15) is 4.79 Å². The van der Waals surface area contributed by atoms with Crippen LogP contribution in [-0.2, 0) is 10.5 Å². The standard InChI is InChI=1S/C20H17N5OS/c26-20(13-27-12-15-5-2-1-3-6-15)22-17-8-4-7-16(11-17)18-9-10-19-23-21-14-25(19)24-18/h1-11,14H,12-13H2,(H,22,26). The SMILES string of the molecule is O=C(CSCc1ccccc1)Nc1cccc(-c2ccc3nncn3n2)c1. The van der Waals surface area contributed by atoms with Gasteiger partial charge in [-0.15, -0.1) is 22.0 Å². The van der Waals surface area contributed by atoms with Crippen molar-refractivity contribution in [3.63, 3.8) is 0 Å². The highest BCUT2D eigenvalue weighted by molar-refractivity contribution is 7.99. The Morgan fingerprint density at radius 3 is 2.81 bits per heavy atom. The summed E-state index contributed by atoms with van der Waals surface area (Å²) in [5.74, 6) is 1.21. The Hall–Kier alpha value is -3.19. The predicted octanol–water partition coefficient (Wildman–Crippen LogP) is 3.66. The number of anilines is 1. The highest BCUT2D eigenvalue weighted by atomic mass is 32.2. The smallest absolute Gasteiger partial charge is 0.234 e. The number of benzene rings is 2. The van der Waals surface area contributed by atoms with Crippen molar-refractivity contribution in [3.05, 3.63) is 78.6 Å². The highest BCUT2D eigenvalue weighted by Gasteiger charge is 2.07. The molecule has 134 valence electrons. The van der Waals surface area contributed by atoms with E-state index in [1.807, 2.05) is 54.6 Å². The van der Waals surface area contributed by atoms with Gasteiger partial charge in [-0.2, -0.15) is 9.61 Å². The molecule has 27 heavy (non-hydrogen) atoms. The van der Waals surface area contributed by atoms with Gasteiger partial charge >= 0.3 is 0 Å². The number of thioether (sulfide) groups is 1. The summed E-state index contributed by atoms with van der Waals surface area (Å²) in [5, 5.41) is 15.2. The van der Waals surface area contributed by atoms with Crippen LogP contribution < -0.4 is 5.32 Å². The van der Waals surface area contributed by atoms with E-state index >= 15 is 0 Å². The van der Waals surface area contributed by atoms with Gasteiger partial charge in [-0.1, -0.05) is 42.5 Å². The Morgan fingerprint density at radius 1 is 1.04 bits per heavy atom. The normalized spacial score (nSPS) is 10.8. The maximum Gasteiger partial charge on any atom is 0.234 e. The first-order chi connectivity index (χ1) is 13.3. The molecule has 2 heterocycles. The summed E-state index contributed by atoms with van der Waals surface area (Å²) in [7, 11) is 0. The van der Waals surface area contributed by atoms with Crippen LogP contribution in [0.25, 0.3) is 16.9 Å². The van der Waals surface area contributed by atoms with Crippen molar-refractivity contribution in [2.45, 2.75) is 5.75 Å². The van der Waals surface area contributed by atoms with Crippen LogP contribution in [0, 0.1) is 0 Å². The number of nitrogens with zero attached hydrogens (tertiary/aromatic N) is 4. The largest absolute Gasteiger partial charge is 0.325 e. The highest BCUT2D eigenvalue weighted by Crippen LogP contribution is 2.21. The molecule has 0 radical (unpaired) electrons. The van der Waals surface area contributed by atoms with Crippen molar-refractivity contribution in [2.75, 3.05) is 11.1 Å². The lowest BCUT2D eigenvalue weighted by molar-refractivity contribution is -0.113. The number of hydrogen-bond donors (Lipinski definition) is 1. The Bertz CT molecular complexity index is 1060. The number of fused-ring (bicyclic) bond motifs is 1. The molecule has 0 bridgehead atoms. The van der Waals surface area contributed by atoms with Crippen molar-refractivity contribution in [1.29, 1.82) is 0 Å². The summed E-state index contributed by atoms with van der Waals surface area (Å²) < 4.78 is 1.63. The molecule has 0 saturated carbocycles. The molecule has 0 fully saturated rings. The van der Waals surface area contributed by atoms with E-state index < -0.39 is 0 Å². The summed E-state index contributed by atoms with van der Waals surface area (Å²) in [6, 6.07) is 21.5. The van der Waals surface area contributed by atoms with Crippen LogP contribution in [0.3, 0.4) is 0 Å². The quantitative estimate of drug-likeness (QED) is 0.557. The third kappa shape index (κ3) is 4.32. The first-order valence-corrected chi connectivity index (χ1v) is 9.62. The van der Waals surface area contributed by atoms with E-state index in [4.69, 9.17) is 0 Å². The molecule has 0 aliphatic heterocycles. The van der Waals surface area contributed by atoms with Crippen molar-refractivity contribution < 1.29 is 4.79 Å². The van der Waals surface area contributed by atoms with Crippen molar-refractivity contribution >= 4 is 29.0 Å². The number of aromatic nitrogens is 4. The molecule has 0 aliphatic carbocycles.